The molecule has 4 aliphatic carbocycles. The quantitative estimate of drug-likeness (QED) is 0.409. The Labute approximate surface area is 169 Å². The monoisotopic (exact) mass is 368 g/mol. The van der Waals surface area contributed by atoms with Crippen LogP contribution in [0.15, 0.2) is 23.8 Å². The molecule has 0 aliphatic heterocycles. The standard InChI is InChI=1S/C27H44/c1-9-19-12-16-26(7)21(19)10-11-23-25(6)15-13-20(18(2)3)24(4,5)22(25)14-17-27(23,26)8/h9,19,21-23H,1,10-17H2,2-8H3/t19?,21-,22+,23-,25+,26-,27-/m1/s1. The maximum atomic E-state index is 4.21. The first-order valence-electron chi connectivity index (χ1n) is 11.8. The molecule has 0 nitrogen and oxygen atoms in total. The molecule has 0 heteroatoms. The molecule has 0 N–H and O–H groups in total. The van der Waals surface area contributed by atoms with Crippen molar-refractivity contribution in [3.8, 4) is 0 Å². The van der Waals surface area contributed by atoms with E-state index in [1.807, 2.05) is 0 Å². The Balaban J connectivity index is 1.75. The van der Waals surface area contributed by atoms with Crippen LogP contribution in [0.5, 0.6) is 0 Å². The van der Waals surface area contributed by atoms with Crippen molar-refractivity contribution in [2.45, 2.75) is 99.8 Å². The number of allylic oxidation sites excluding steroid dienone is 3. The molecule has 0 amide bonds. The molecule has 4 rings (SSSR count). The highest BCUT2D eigenvalue weighted by atomic mass is 14.7. The van der Waals surface area contributed by atoms with Gasteiger partial charge in [-0.15, -0.1) is 6.58 Å². The van der Waals surface area contributed by atoms with Crippen LogP contribution in [0.1, 0.15) is 99.8 Å². The van der Waals surface area contributed by atoms with Gasteiger partial charge in [0.05, 0.1) is 0 Å². The minimum absolute atomic E-state index is 0.379. The Morgan fingerprint density at radius 3 is 2.15 bits per heavy atom. The minimum atomic E-state index is 0.379. The van der Waals surface area contributed by atoms with E-state index in [4.69, 9.17) is 0 Å². The predicted molar refractivity (Wildman–Crippen MR) is 118 cm³/mol. The van der Waals surface area contributed by atoms with Crippen molar-refractivity contribution >= 4 is 0 Å². The third-order valence-electron chi connectivity index (χ3n) is 11.2. The van der Waals surface area contributed by atoms with E-state index < -0.39 is 0 Å². The van der Waals surface area contributed by atoms with Crippen LogP contribution in [0, 0.1) is 45.3 Å². The van der Waals surface area contributed by atoms with E-state index in [9.17, 15) is 0 Å². The number of rotatable bonds is 1. The van der Waals surface area contributed by atoms with Gasteiger partial charge >= 0.3 is 0 Å². The molecule has 0 spiro atoms. The molecule has 0 aromatic heterocycles. The molecule has 4 saturated carbocycles. The molecule has 4 fully saturated rings. The van der Waals surface area contributed by atoms with Gasteiger partial charge in [0.2, 0.25) is 0 Å². The van der Waals surface area contributed by atoms with Crippen molar-refractivity contribution in [3.63, 3.8) is 0 Å². The van der Waals surface area contributed by atoms with Gasteiger partial charge in [-0.3, -0.25) is 0 Å². The zero-order valence-electron chi connectivity index (χ0n) is 19.3. The third-order valence-corrected chi connectivity index (χ3v) is 11.2. The molecule has 4 aliphatic rings. The zero-order valence-corrected chi connectivity index (χ0v) is 19.3. The van der Waals surface area contributed by atoms with Gasteiger partial charge in [0.25, 0.3) is 0 Å². The van der Waals surface area contributed by atoms with Crippen molar-refractivity contribution in [3.05, 3.63) is 23.8 Å². The van der Waals surface area contributed by atoms with Crippen LogP contribution < -0.4 is 0 Å². The summed E-state index contributed by atoms with van der Waals surface area (Å²) < 4.78 is 0. The Kier molecular flexibility index (Phi) is 4.39. The molecular weight excluding hydrogens is 324 g/mol. The van der Waals surface area contributed by atoms with Gasteiger partial charge in [-0.05, 0) is 111 Å². The Morgan fingerprint density at radius 2 is 1.52 bits per heavy atom. The first-order chi connectivity index (χ1) is 12.5. The average Bonchev–Trinajstić information content (AvgIpc) is 2.91. The van der Waals surface area contributed by atoms with Crippen molar-refractivity contribution in [2.75, 3.05) is 0 Å². The van der Waals surface area contributed by atoms with Crippen LogP contribution in [0.25, 0.3) is 0 Å². The lowest BCUT2D eigenvalue weighted by atomic mass is 9.35. The van der Waals surface area contributed by atoms with Gasteiger partial charge in [-0.1, -0.05) is 51.8 Å². The Bertz CT molecular complexity index is 662. The van der Waals surface area contributed by atoms with Gasteiger partial charge in [-0.25, -0.2) is 0 Å². The van der Waals surface area contributed by atoms with Gasteiger partial charge in [0.15, 0.2) is 0 Å². The third kappa shape index (κ3) is 2.34. The maximum absolute atomic E-state index is 4.21. The molecule has 0 aromatic carbocycles. The van der Waals surface area contributed by atoms with E-state index in [1.54, 1.807) is 11.1 Å². The highest BCUT2D eigenvalue weighted by Crippen LogP contribution is 2.75. The fraction of sp³-hybridized carbons (Fsp3) is 0.852. The maximum Gasteiger partial charge on any atom is -0.0109 e. The molecule has 152 valence electrons. The highest BCUT2D eigenvalue weighted by molar-refractivity contribution is 5.27. The molecule has 0 aromatic rings. The summed E-state index contributed by atoms with van der Waals surface area (Å²) in [4.78, 5) is 0. The lowest BCUT2D eigenvalue weighted by Crippen LogP contribution is -2.62. The molecule has 0 saturated heterocycles. The molecule has 1 unspecified atom stereocenters. The van der Waals surface area contributed by atoms with Crippen LogP contribution in [-0.2, 0) is 0 Å². The first-order valence-corrected chi connectivity index (χ1v) is 11.8. The summed E-state index contributed by atoms with van der Waals surface area (Å²) in [7, 11) is 0. The van der Waals surface area contributed by atoms with Crippen molar-refractivity contribution in [1.82, 2.24) is 0 Å². The van der Waals surface area contributed by atoms with Gasteiger partial charge in [-0.2, -0.15) is 0 Å². The van der Waals surface area contributed by atoms with Gasteiger partial charge < -0.3 is 0 Å². The summed E-state index contributed by atoms with van der Waals surface area (Å²) in [5, 5.41) is 0. The highest BCUT2D eigenvalue weighted by Gasteiger charge is 2.67. The van der Waals surface area contributed by atoms with E-state index in [0.717, 1.165) is 23.7 Å². The smallest absolute Gasteiger partial charge is 0.0109 e. The fourth-order valence-electron chi connectivity index (χ4n) is 9.80. The van der Waals surface area contributed by atoms with E-state index in [2.05, 4.69) is 61.1 Å². The van der Waals surface area contributed by atoms with Crippen LogP contribution in [0.2, 0.25) is 0 Å². The second-order valence-electron chi connectivity index (χ2n) is 12.3. The summed E-state index contributed by atoms with van der Waals surface area (Å²) >= 11 is 0. The van der Waals surface area contributed by atoms with Crippen LogP contribution in [-0.4, -0.2) is 0 Å². The van der Waals surface area contributed by atoms with E-state index in [1.165, 1.54) is 51.4 Å². The summed E-state index contributed by atoms with van der Waals surface area (Å²) in [5.41, 5.74) is 5.33. The lowest BCUT2D eigenvalue weighted by Gasteiger charge is -2.69. The van der Waals surface area contributed by atoms with E-state index >= 15 is 0 Å². The van der Waals surface area contributed by atoms with Crippen LogP contribution >= 0.6 is 0 Å². The lowest BCUT2D eigenvalue weighted by molar-refractivity contribution is -0.193. The second kappa shape index (κ2) is 5.99. The fourth-order valence-corrected chi connectivity index (χ4v) is 9.80. The number of hydrogen-bond donors (Lipinski definition) is 0. The normalized spacial score (nSPS) is 51.1. The van der Waals surface area contributed by atoms with Crippen molar-refractivity contribution in [1.29, 1.82) is 0 Å². The second-order valence-corrected chi connectivity index (χ2v) is 12.3. The molecule has 0 heterocycles. The van der Waals surface area contributed by atoms with Crippen molar-refractivity contribution < 1.29 is 0 Å². The minimum Gasteiger partial charge on any atom is -0.103 e. The van der Waals surface area contributed by atoms with E-state index in [0.29, 0.717) is 21.7 Å². The summed E-state index contributed by atoms with van der Waals surface area (Å²) in [5.74, 6) is 3.43. The Morgan fingerprint density at radius 1 is 0.852 bits per heavy atom. The van der Waals surface area contributed by atoms with Crippen molar-refractivity contribution in [2.24, 2.45) is 45.3 Å². The van der Waals surface area contributed by atoms with E-state index in [-0.39, 0.29) is 0 Å². The largest absolute Gasteiger partial charge is 0.103 e. The number of fused-ring (bicyclic) bond motifs is 5. The van der Waals surface area contributed by atoms with Gasteiger partial charge in [0.1, 0.15) is 0 Å². The average molecular weight is 369 g/mol. The summed E-state index contributed by atoms with van der Waals surface area (Å²) in [6.07, 6.45) is 13.7. The molecule has 0 bridgehead atoms. The predicted octanol–water partition coefficient (Wildman–Crippen LogP) is 8.19. The Hall–Kier alpha value is -0.520. The first kappa shape index (κ1) is 19.8. The van der Waals surface area contributed by atoms with Crippen LogP contribution in [0.4, 0.5) is 0 Å². The molecule has 27 heavy (non-hydrogen) atoms. The molecule has 0 radical (unpaired) electrons. The molecule has 7 atom stereocenters. The van der Waals surface area contributed by atoms with Gasteiger partial charge in [0, 0.05) is 0 Å². The SMILES string of the molecule is C=CC1CC[C@]2(C)[C@@H]1CC[C@@H]1[C@@]3(C)CCC(=C(C)C)C(C)(C)[C@@H]3CC[C@]12C. The topological polar surface area (TPSA) is 0 Å². The van der Waals surface area contributed by atoms with Crippen LogP contribution in [0.3, 0.4) is 0 Å². The zero-order chi connectivity index (χ0) is 19.8. The summed E-state index contributed by atoms with van der Waals surface area (Å²) in [6.45, 7) is 22.2. The summed E-state index contributed by atoms with van der Waals surface area (Å²) in [6, 6.07) is 0. The molecular formula is C27H44. The number of hydrogen-bond acceptors (Lipinski definition) is 0.